The quantitative estimate of drug-likeness (QED) is 0.740. The lowest BCUT2D eigenvalue weighted by Crippen LogP contribution is -2.39. The van der Waals surface area contributed by atoms with Crippen molar-refractivity contribution in [3.05, 3.63) is 35.6 Å². The maximum absolute atomic E-state index is 14.1. The molecule has 2 rings (SSSR count). The van der Waals surface area contributed by atoms with Crippen molar-refractivity contribution < 1.29 is 4.39 Å². The molecule has 0 aromatic heterocycles. The van der Waals surface area contributed by atoms with E-state index < -0.39 is 0 Å². The van der Waals surface area contributed by atoms with E-state index in [1.807, 2.05) is 12.1 Å². The van der Waals surface area contributed by atoms with Crippen molar-refractivity contribution in [1.29, 1.82) is 0 Å². The minimum Gasteiger partial charge on any atom is -0.309 e. The summed E-state index contributed by atoms with van der Waals surface area (Å²) >= 11 is 0. The first-order valence-electron chi connectivity index (χ1n) is 8.33. The molecule has 1 aliphatic carbocycles. The van der Waals surface area contributed by atoms with Crippen molar-refractivity contribution in [3.63, 3.8) is 0 Å². The Hall–Kier alpha value is -0.930. The van der Waals surface area contributed by atoms with Gasteiger partial charge in [0.15, 0.2) is 0 Å². The molecule has 1 atom stereocenters. The van der Waals surface area contributed by atoms with Crippen molar-refractivity contribution in [2.45, 2.75) is 52.1 Å². The van der Waals surface area contributed by atoms with Crippen LogP contribution in [0, 0.1) is 11.7 Å². The van der Waals surface area contributed by atoms with Gasteiger partial charge in [-0.25, -0.2) is 4.39 Å². The van der Waals surface area contributed by atoms with E-state index in [0.29, 0.717) is 12.0 Å². The minimum absolute atomic E-state index is 0.0884. The number of hydrogen-bond acceptors (Lipinski definition) is 2. The second kappa shape index (κ2) is 7.90. The van der Waals surface area contributed by atoms with E-state index in [1.54, 1.807) is 12.1 Å². The van der Waals surface area contributed by atoms with Crippen molar-refractivity contribution in [2.24, 2.45) is 5.92 Å². The van der Waals surface area contributed by atoms with Crippen molar-refractivity contribution in [1.82, 2.24) is 10.2 Å². The van der Waals surface area contributed by atoms with Gasteiger partial charge in [-0.1, -0.05) is 39.0 Å². The lowest BCUT2D eigenvalue weighted by atomic mass is 10.0. The van der Waals surface area contributed by atoms with Crippen molar-refractivity contribution >= 4 is 0 Å². The normalized spacial score (nSPS) is 16.7. The highest BCUT2D eigenvalue weighted by atomic mass is 19.1. The molecule has 21 heavy (non-hydrogen) atoms. The van der Waals surface area contributed by atoms with Gasteiger partial charge >= 0.3 is 0 Å². The van der Waals surface area contributed by atoms with Crippen LogP contribution in [0.25, 0.3) is 0 Å². The van der Waals surface area contributed by atoms with Gasteiger partial charge in [0.05, 0.1) is 0 Å². The van der Waals surface area contributed by atoms with Crippen LogP contribution in [-0.4, -0.2) is 30.6 Å². The molecule has 0 heterocycles. The van der Waals surface area contributed by atoms with Crippen LogP contribution >= 0.6 is 0 Å². The number of benzene rings is 1. The maximum atomic E-state index is 14.1. The van der Waals surface area contributed by atoms with Crippen LogP contribution < -0.4 is 5.32 Å². The van der Waals surface area contributed by atoms with E-state index in [9.17, 15) is 4.39 Å². The maximum Gasteiger partial charge on any atom is 0.128 e. The summed E-state index contributed by atoms with van der Waals surface area (Å²) in [5.41, 5.74) is 0.806. The topological polar surface area (TPSA) is 15.3 Å². The molecule has 0 spiro atoms. The highest BCUT2D eigenvalue weighted by molar-refractivity contribution is 5.21. The molecule has 1 aliphatic rings. The van der Waals surface area contributed by atoms with Gasteiger partial charge in [0, 0.05) is 30.7 Å². The van der Waals surface area contributed by atoms with Crippen LogP contribution in [0.4, 0.5) is 4.39 Å². The molecule has 1 aromatic carbocycles. The van der Waals surface area contributed by atoms with Gasteiger partial charge in [0.2, 0.25) is 0 Å². The van der Waals surface area contributed by atoms with E-state index >= 15 is 0 Å². The fourth-order valence-corrected chi connectivity index (χ4v) is 2.87. The van der Waals surface area contributed by atoms with Gasteiger partial charge < -0.3 is 5.32 Å². The molecule has 0 bridgehead atoms. The molecule has 0 radical (unpaired) electrons. The van der Waals surface area contributed by atoms with Gasteiger partial charge in [0.1, 0.15) is 5.82 Å². The molecule has 118 valence electrons. The van der Waals surface area contributed by atoms with Gasteiger partial charge in [-0.05, 0) is 37.8 Å². The number of nitrogens with one attached hydrogen (secondary N) is 1. The molecule has 0 saturated heterocycles. The van der Waals surface area contributed by atoms with E-state index in [4.69, 9.17) is 0 Å². The molecule has 1 fully saturated rings. The highest BCUT2D eigenvalue weighted by Gasteiger charge is 2.31. The first-order valence-corrected chi connectivity index (χ1v) is 8.33. The van der Waals surface area contributed by atoms with Crippen molar-refractivity contribution in [2.75, 3.05) is 19.6 Å². The Morgan fingerprint density at radius 2 is 1.95 bits per heavy atom. The number of rotatable bonds is 9. The second-order valence-corrected chi connectivity index (χ2v) is 6.61. The largest absolute Gasteiger partial charge is 0.309 e. The van der Waals surface area contributed by atoms with E-state index in [-0.39, 0.29) is 11.9 Å². The average molecular weight is 292 g/mol. The number of hydrogen-bond donors (Lipinski definition) is 1. The SMILES string of the molecule is CCCNC(CN(CC(C)C)C1CC1)c1ccccc1F. The summed E-state index contributed by atoms with van der Waals surface area (Å²) in [6, 6.07) is 7.99. The molecule has 1 unspecified atom stereocenters. The predicted octanol–water partition coefficient (Wildman–Crippen LogP) is 3.99. The standard InChI is InChI=1S/C18H29FN2/c1-4-11-20-18(16-7-5-6-8-17(16)19)13-21(12-14(2)3)15-9-10-15/h5-8,14-15,18,20H,4,9-13H2,1-3H3. The summed E-state index contributed by atoms with van der Waals surface area (Å²) in [4.78, 5) is 2.55. The third-order valence-electron chi connectivity index (χ3n) is 4.00. The smallest absolute Gasteiger partial charge is 0.128 e. The Labute approximate surface area is 128 Å². The predicted molar refractivity (Wildman–Crippen MR) is 86.9 cm³/mol. The Kier molecular flexibility index (Phi) is 6.19. The number of nitrogens with zero attached hydrogens (tertiary/aromatic N) is 1. The fraction of sp³-hybridized carbons (Fsp3) is 0.667. The van der Waals surface area contributed by atoms with Gasteiger partial charge in [-0.15, -0.1) is 0 Å². The Morgan fingerprint density at radius 1 is 1.24 bits per heavy atom. The van der Waals surface area contributed by atoms with E-state index in [0.717, 1.165) is 31.6 Å². The highest BCUT2D eigenvalue weighted by Crippen LogP contribution is 2.30. The summed E-state index contributed by atoms with van der Waals surface area (Å²) in [7, 11) is 0. The molecule has 0 amide bonds. The molecule has 0 aliphatic heterocycles. The van der Waals surface area contributed by atoms with E-state index in [1.165, 1.54) is 12.8 Å². The third kappa shape index (κ3) is 5.08. The first-order chi connectivity index (χ1) is 10.1. The summed E-state index contributed by atoms with van der Waals surface area (Å²) in [6.45, 7) is 9.60. The molecule has 1 N–H and O–H groups in total. The van der Waals surface area contributed by atoms with Crippen LogP contribution in [0.5, 0.6) is 0 Å². The van der Waals surface area contributed by atoms with Crippen LogP contribution in [0.2, 0.25) is 0 Å². The zero-order valence-electron chi connectivity index (χ0n) is 13.6. The van der Waals surface area contributed by atoms with Crippen LogP contribution in [-0.2, 0) is 0 Å². The lowest BCUT2D eigenvalue weighted by Gasteiger charge is -2.30. The summed E-state index contributed by atoms with van der Waals surface area (Å²) in [5.74, 6) is 0.560. The fourth-order valence-electron chi connectivity index (χ4n) is 2.87. The first kappa shape index (κ1) is 16.4. The summed E-state index contributed by atoms with van der Waals surface area (Å²) < 4.78 is 14.1. The minimum atomic E-state index is -0.0913. The van der Waals surface area contributed by atoms with Crippen LogP contribution in [0.15, 0.2) is 24.3 Å². The van der Waals surface area contributed by atoms with Gasteiger partial charge in [-0.3, -0.25) is 4.90 Å². The molecule has 2 nitrogen and oxygen atoms in total. The van der Waals surface area contributed by atoms with Gasteiger partial charge in [0.25, 0.3) is 0 Å². The average Bonchev–Trinajstić information content (AvgIpc) is 3.27. The third-order valence-corrected chi connectivity index (χ3v) is 4.00. The molecule has 1 aromatic rings. The zero-order valence-corrected chi connectivity index (χ0v) is 13.6. The molecule has 3 heteroatoms. The zero-order chi connectivity index (χ0) is 15.2. The molecule has 1 saturated carbocycles. The van der Waals surface area contributed by atoms with Crippen LogP contribution in [0.1, 0.15) is 51.6 Å². The molecular weight excluding hydrogens is 263 g/mol. The second-order valence-electron chi connectivity index (χ2n) is 6.61. The summed E-state index contributed by atoms with van der Waals surface area (Å²) in [5, 5.41) is 3.53. The lowest BCUT2D eigenvalue weighted by molar-refractivity contribution is 0.207. The van der Waals surface area contributed by atoms with Gasteiger partial charge in [-0.2, -0.15) is 0 Å². The Balaban J connectivity index is 2.09. The monoisotopic (exact) mass is 292 g/mol. The summed E-state index contributed by atoms with van der Waals surface area (Å²) in [6.07, 6.45) is 3.66. The number of halogens is 1. The molecular formula is C18H29FN2. The Bertz CT molecular complexity index is 429. The van der Waals surface area contributed by atoms with E-state index in [2.05, 4.69) is 31.0 Å². The Morgan fingerprint density at radius 3 is 2.52 bits per heavy atom. The van der Waals surface area contributed by atoms with Crippen molar-refractivity contribution in [3.8, 4) is 0 Å². The van der Waals surface area contributed by atoms with Crippen LogP contribution in [0.3, 0.4) is 0 Å².